The summed E-state index contributed by atoms with van der Waals surface area (Å²) >= 11 is 0. The lowest BCUT2D eigenvalue weighted by atomic mass is 9.98. The lowest BCUT2D eigenvalue weighted by Crippen LogP contribution is -2.34. The standard InChI is InChI=1S/C16H17N3/c1-12-4-3-9-19(11-12)15-7-6-13(10-17)16-14(15)5-2-8-18-16/h2,5-8,12H,3-4,9,11H2,1H3. The molecular weight excluding hydrogens is 234 g/mol. The number of hydrogen-bond donors (Lipinski definition) is 0. The fraction of sp³-hybridized carbons (Fsp3) is 0.375. The van der Waals surface area contributed by atoms with Crippen LogP contribution in [0.3, 0.4) is 0 Å². The zero-order valence-electron chi connectivity index (χ0n) is 11.1. The maximum atomic E-state index is 9.18. The van der Waals surface area contributed by atoms with Crippen molar-refractivity contribution in [2.24, 2.45) is 5.92 Å². The molecule has 1 aromatic carbocycles. The predicted octanol–water partition coefficient (Wildman–Crippen LogP) is 3.34. The van der Waals surface area contributed by atoms with Crippen molar-refractivity contribution in [3.63, 3.8) is 0 Å². The number of nitriles is 1. The Morgan fingerprint density at radius 3 is 3.05 bits per heavy atom. The molecule has 0 N–H and O–H groups in total. The third-order valence-corrected chi connectivity index (χ3v) is 3.86. The van der Waals surface area contributed by atoms with E-state index in [2.05, 4.69) is 35.0 Å². The van der Waals surface area contributed by atoms with Crippen molar-refractivity contribution in [2.45, 2.75) is 19.8 Å². The van der Waals surface area contributed by atoms with Crippen molar-refractivity contribution in [1.82, 2.24) is 4.98 Å². The SMILES string of the molecule is CC1CCCN(c2ccc(C#N)c3ncccc23)C1. The Bertz CT molecular complexity index is 642. The van der Waals surface area contributed by atoms with E-state index in [0.29, 0.717) is 5.56 Å². The van der Waals surface area contributed by atoms with Crippen molar-refractivity contribution >= 4 is 16.6 Å². The van der Waals surface area contributed by atoms with Gasteiger partial charge in [0.25, 0.3) is 0 Å². The zero-order chi connectivity index (χ0) is 13.2. The number of aromatic nitrogens is 1. The van der Waals surface area contributed by atoms with Crippen LogP contribution < -0.4 is 4.90 Å². The molecule has 1 fully saturated rings. The van der Waals surface area contributed by atoms with E-state index in [1.54, 1.807) is 6.20 Å². The van der Waals surface area contributed by atoms with Crippen molar-refractivity contribution in [1.29, 1.82) is 5.26 Å². The molecule has 3 rings (SSSR count). The second kappa shape index (κ2) is 4.89. The molecule has 0 radical (unpaired) electrons. The van der Waals surface area contributed by atoms with Crippen LogP contribution in [0.15, 0.2) is 30.5 Å². The molecule has 3 nitrogen and oxygen atoms in total. The molecule has 0 saturated carbocycles. The van der Waals surface area contributed by atoms with Gasteiger partial charge in [0, 0.05) is 30.4 Å². The first-order chi connectivity index (χ1) is 9.29. The highest BCUT2D eigenvalue weighted by Crippen LogP contribution is 2.30. The molecule has 0 aliphatic carbocycles. The van der Waals surface area contributed by atoms with Gasteiger partial charge in [-0.25, -0.2) is 0 Å². The molecule has 0 bridgehead atoms. The lowest BCUT2D eigenvalue weighted by Gasteiger charge is -2.33. The number of hydrogen-bond acceptors (Lipinski definition) is 3. The Morgan fingerprint density at radius 2 is 2.26 bits per heavy atom. The number of pyridine rings is 1. The molecule has 1 aliphatic heterocycles. The lowest BCUT2D eigenvalue weighted by molar-refractivity contribution is 0.447. The largest absolute Gasteiger partial charge is 0.371 e. The number of rotatable bonds is 1. The van der Waals surface area contributed by atoms with Gasteiger partial charge in [-0.15, -0.1) is 0 Å². The third-order valence-electron chi connectivity index (χ3n) is 3.86. The summed E-state index contributed by atoms with van der Waals surface area (Å²) in [5.41, 5.74) is 2.69. The van der Waals surface area contributed by atoms with Crippen molar-refractivity contribution < 1.29 is 0 Å². The van der Waals surface area contributed by atoms with Gasteiger partial charge in [-0.2, -0.15) is 5.26 Å². The first kappa shape index (κ1) is 12.0. The van der Waals surface area contributed by atoms with Gasteiger partial charge in [0.2, 0.25) is 0 Å². The van der Waals surface area contributed by atoms with Crippen molar-refractivity contribution in [3.8, 4) is 6.07 Å². The van der Waals surface area contributed by atoms with E-state index in [1.807, 2.05) is 12.1 Å². The number of anilines is 1. The fourth-order valence-corrected chi connectivity index (χ4v) is 2.93. The average molecular weight is 251 g/mol. The quantitative estimate of drug-likeness (QED) is 0.780. The van der Waals surface area contributed by atoms with Crippen molar-refractivity contribution in [3.05, 3.63) is 36.0 Å². The van der Waals surface area contributed by atoms with Gasteiger partial charge in [-0.05, 0) is 43.0 Å². The van der Waals surface area contributed by atoms with E-state index < -0.39 is 0 Å². The van der Waals surface area contributed by atoms with Gasteiger partial charge in [0.1, 0.15) is 6.07 Å². The molecule has 0 amide bonds. The van der Waals surface area contributed by atoms with Gasteiger partial charge >= 0.3 is 0 Å². The summed E-state index contributed by atoms with van der Waals surface area (Å²) in [6.45, 7) is 4.49. The highest BCUT2D eigenvalue weighted by molar-refractivity contribution is 5.95. The molecule has 2 aromatic rings. The molecule has 1 aromatic heterocycles. The number of nitrogens with zero attached hydrogens (tertiary/aromatic N) is 3. The summed E-state index contributed by atoms with van der Waals surface area (Å²) in [6, 6.07) is 10.2. The van der Waals surface area contributed by atoms with Gasteiger partial charge in [-0.1, -0.05) is 6.92 Å². The summed E-state index contributed by atoms with van der Waals surface area (Å²) in [6.07, 6.45) is 4.30. The van der Waals surface area contributed by atoms with Gasteiger partial charge in [-0.3, -0.25) is 4.98 Å². The Hall–Kier alpha value is -2.08. The van der Waals surface area contributed by atoms with Crippen LogP contribution in [-0.2, 0) is 0 Å². The Labute approximate surface area is 113 Å². The first-order valence-electron chi connectivity index (χ1n) is 6.82. The highest BCUT2D eigenvalue weighted by Gasteiger charge is 2.19. The number of benzene rings is 1. The topological polar surface area (TPSA) is 39.9 Å². The monoisotopic (exact) mass is 251 g/mol. The first-order valence-corrected chi connectivity index (χ1v) is 6.82. The summed E-state index contributed by atoms with van der Waals surface area (Å²) in [7, 11) is 0. The highest BCUT2D eigenvalue weighted by atomic mass is 15.1. The second-order valence-electron chi connectivity index (χ2n) is 5.34. The van der Waals surface area contributed by atoms with E-state index in [4.69, 9.17) is 0 Å². The molecule has 19 heavy (non-hydrogen) atoms. The average Bonchev–Trinajstić information content (AvgIpc) is 2.46. The minimum atomic E-state index is 0.657. The van der Waals surface area contributed by atoms with Crippen LogP contribution in [0, 0.1) is 17.2 Å². The van der Waals surface area contributed by atoms with E-state index >= 15 is 0 Å². The van der Waals surface area contributed by atoms with E-state index in [-0.39, 0.29) is 0 Å². The second-order valence-corrected chi connectivity index (χ2v) is 5.34. The summed E-state index contributed by atoms with van der Waals surface area (Å²) in [5, 5.41) is 10.3. The number of piperidine rings is 1. The van der Waals surface area contributed by atoms with Crippen LogP contribution >= 0.6 is 0 Å². The fourth-order valence-electron chi connectivity index (χ4n) is 2.93. The van der Waals surface area contributed by atoms with Crippen LogP contribution in [-0.4, -0.2) is 18.1 Å². The molecule has 2 heterocycles. The Balaban J connectivity index is 2.12. The van der Waals surface area contributed by atoms with Crippen LogP contribution in [0.4, 0.5) is 5.69 Å². The third kappa shape index (κ3) is 2.15. The predicted molar refractivity (Wildman–Crippen MR) is 77.1 cm³/mol. The van der Waals surface area contributed by atoms with Crippen molar-refractivity contribution in [2.75, 3.05) is 18.0 Å². The maximum absolute atomic E-state index is 9.18. The van der Waals surface area contributed by atoms with Crippen LogP contribution in [0.25, 0.3) is 10.9 Å². The molecule has 1 saturated heterocycles. The maximum Gasteiger partial charge on any atom is 0.101 e. The van der Waals surface area contributed by atoms with Gasteiger partial charge in [0.05, 0.1) is 11.1 Å². The molecule has 1 atom stereocenters. The zero-order valence-corrected chi connectivity index (χ0v) is 11.1. The summed E-state index contributed by atoms with van der Waals surface area (Å²) in [5.74, 6) is 0.733. The smallest absolute Gasteiger partial charge is 0.101 e. The Kier molecular flexibility index (Phi) is 3.08. The molecule has 96 valence electrons. The van der Waals surface area contributed by atoms with E-state index in [1.165, 1.54) is 18.5 Å². The van der Waals surface area contributed by atoms with Crippen LogP contribution in [0.5, 0.6) is 0 Å². The normalized spacial score (nSPS) is 19.4. The van der Waals surface area contributed by atoms with E-state index in [0.717, 1.165) is 29.9 Å². The molecule has 0 spiro atoms. The molecule has 1 aliphatic rings. The molecule has 3 heteroatoms. The molecule has 1 unspecified atom stereocenters. The van der Waals surface area contributed by atoms with Crippen LogP contribution in [0.1, 0.15) is 25.3 Å². The summed E-state index contributed by atoms with van der Waals surface area (Å²) < 4.78 is 0. The molecular formula is C16H17N3. The van der Waals surface area contributed by atoms with Gasteiger partial charge < -0.3 is 4.90 Å². The minimum absolute atomic E-state index is 0.657. The van der Waals surface area contributed by atoms with E-state index in [9.17, 15) is 5.26 Å². The number of fused-ring (bicyclic) bond motifs is 1. The van der Waals surface area contributed by atoms with Crippen LogP contribution in [0.2, 0.25) is 0 Å². The Morgan fingerprint density at radius 1 is 1.37 bits per heavy atom. The summed E-state index contributed by atoms with van der Waals surface area (Å²) in [4.78, 5) is 6.81. The van der Waals surface area contributed by atoms with Gasteiger partial charge in [0.15, 0.2) is 0 Å². The minimum Gasteiger partial charge on any atom is -0.371 e.